The summed E-state index contributed by atoms with van der Waals surface area (Å²) in [6.45, 7) is 9.25. The highest BCUT2D eigenvalue weighted by Crippen LogP contribution is 2.13. The molecule has 0 aliphatic heterocycles. The minimum Gasteiger partial charge on any atom is -0.385 e. The first-order valence-electron chi connectivity index (χ1n) is 6.44. The molecule has 1 atom stereocenters. The van der Waals surface area contributed by atoms with Crippen LogP contribution in [-0.2, 0) is 11.3 Å². The third kappa shape index (κ3) is 4.77. The number of imidazole rings is 1. The SMILES string of the molecule is CCC(C)Cn1cc(C)nc1NCCCOC. The van der Waals surface area contributed by atoms with Gasteiger partial charge in [0.1, 0.15) is 0 Å². The molecule has 0 aromatic carbocycles. The highest BCUT2D eigenvalue weighted by molar-refractivity contribution is 5.28. The van der Waals surface area contributed by atoms with E-state index in [9.17, 15) is 0 Å². The van der Waals surface area contributed by atoms with Crippen LogP contribution in [0.1, 0.15) is 32.4 Å². The second-order valence-electron chi connectivity index (χ2n) is 4.64. The molecule has 0 saturated heterocycles. The summed E-state index contributed by atoms with van der Waals surface area (Å²) in [5.74, 6) is 1.67. The van der Waals surface area contributed by atoms with Crippen molar-refractivity contribution < 1.29 is 4.74 Å². The van der Waals surface area contributed by atoms with E-state index in [2.05, 4.69) is 34.9 Å². The molecule has 0 radical (unpaired) electrons. The number of aryl methyl sites for hydroxylation is 1. The zero-order valence-corrected chi connectivity index (χ0v) is 11.5. The maximum Gasteiger partial charge on any atom is 0.203 e. The fourth-order valence-corrected chi connectivity index (χ4v) is 1.71. The molecule has 0 amide bonds. The Hall–Kier alpha value is -1.03. The van der Waals surface area contributed by atoms with Gasteiger partial charge in [-0.2, -0.15) is 0 Å². The second-order valence-corrected chi connectivity index (χ2v) is 4.64. The maximum absolute atomic E-state index is 5.03. The molecule has 1 aromatic rings. The fraction of sp³-hybridized carbons (Fsp3) is 0.769. The summed E-state index contributed by atoms with van der Waals surface area (Å²) in [4.78, 5) is 4.51. The number of ether oxygens (including phenoxy) is 1. The van der Waals surface area contributed by atoms with Crippen LogP contribution < -0.4 is 5.32 Å². The molecule has 0 saturated carbocycles. The van der Waals surface area contributed by atoms with Gasteiger partial charge in [-0.15, -0.1) is 0 Å². The van der Waals surface area contributed by atoms with E-state index in [1.165, 1.54) is 6.42 Å². The van der Waals surface area contributed by atoms with E-state index in [4.69, 9.17) is 4.74 Å². The van der Waals surface area contributed by atoms with Crippen molar-refractivity contribution in [2.75, 3.05) is 25.6 Å². The van der Waals surface area contributed by atoms with Gasteiger partial charge in [-0.3, -0.25) is 0 Å². The van der Waals surface area contributed by atoms with Gasteiger partial charge in [0.15, 0.2) is 0 Å². The first kappa shape index (κ1) is 14.0. The Balaban J connectivity index is 2.51. The topological polar surface area (TPSA) is 39.1 Å². The van der Waals surface area contributed by atoms with Gasteiger partial charge in [0.25, 0.3) is 0 Å². The summed E-state index contributed by atoms with van der Waals surface area (Å²) in [7, 11) is 1.73. The van der Waals surface area contributed by atoms with Crippen molar-refractivity contribution in [2.24, 2.45) is 5.92 Å². The van der Waals surface area contributed by atoms with Gasteiger partial charge in [0.05, 0.1) is 5.69 Å². The lowest BCUT2D eigenvalue weighted by molar-refractivity contribution is 0.197. The Morgan fingerprint density at radius 2 is 2.29 bits per heavy atom. The first-order chi connectivity index (χ1) is 8.17. The zero-order valence-electron chi connectivity index (χ0n) is 11.5. The molecule has 17 heavy (non-hydrogen) atoms. The molecule has 0 aliphatic rings. The molecule has 4 heteroatoms. The average molecular weight is 239 g/mol. The van der Waals surface area contributed by atoms with Crippen LogP contribution in [0.5, 0.6) is 0 Å². The highest BCUT2D eigenvalue weighted by atomic mass is 16.5. The molecule has 1 unspecified atom stereocenters. The Kier molecular flexibility index (Phi) is 6.05. The lowest BCUT2D eigenvalue weighted by Crippen LogP contribution is -2.13. The Bertz CT molecular complexity index is 322. The van der Waals surface area contributed by atoms with E-state index in [0.29, 0.717) is 5.92 Å². The fourth-order valence-electron chi connectivity index (χ4n) is 1.71. The van der Waals surface area contributed by atoms with Crippen LogP contribution in [0.3, 0.4) is 0 Å². The molecule has 1 rings (SSSR count). The van der Waals surface area contributed by atoms with Crippen molar-refractivity contribution in [3.8, 4) is 0 Å². The smallest absolute Gasteiger partial charge is 0.203 e. The lowest BCUT2D eigenvalue weighted by atomic mass is 10.1. The third-order valence-corrected chi connectivity index (χ3v) is 2.91. The number of nitrogens with one attached hydrogen (secondary N) is 1. The van der Waals surface area contributed by atoms with E-state index in [1.807, 2.05) is 6.92 Å². The number of methoxy groups -OCH3 is 1. The van der Waals surface area contributed by atoms with Gasteiger partial charge in [-0.05, 0) is 19.3 Å². The molecule has 4 nitrogen and oxygen atoms in total. The summed E-state index contributed by atoms with van der Waals surface area (Å²) in [5, 5.41) is 3.37. The number of rotatable bonds is 8. The summed E-state index contributed by atoms with van der Waals surface area (Å²) in [5.41, 5.74) is 1.07. The van der Waals surface area contributed by atoms with Gasteiger partial charge in [0, 0.05) is 33.0 Å². The molecule has 0 bridgehead atoms. The maximum atomic E-state index is 5.03. The first-order valence-corrected chi connectivity index (χ1v) is 6.44. The molecular weight excluding hydrogens is 214 g/mol. The monoisotopic (exact) mass is 239 g/mol. The number of nitrogens with zero attached hydrogens (tertiary/aromatic N) is 2. The standard InChI is InChI=1S/C13H25N3O/c1-5-11(2)9-16-10-12(3)15-13(16)14-7-6-8-17-4/h10-11H,5-9H2,1-4H3,(H,14,15). The molecule has 98 valence electrons. The minimum atomic E-state index is 0.683. The highest BCUT2D eigenvalue weighted by Gasteiger charge is 2.07. The summed E-state index contributed by atoms with van der Waals surface area (Å²) >= 11 is 0. The average Bonchev–Trinajstić information content (AvgIpc) is 2.65. The van der Waals surface area contributed by atoms with Crippen LogP contribution in [0.4, 0.5) is 5.95 Å². The molecule has 0 aliphatic carbocycles. The Morgan fingerprint density at radius 1 is 1.53 bits per heavy atom. The lowest BCUT2D eigenvalue weighted by Gasteiger charge is -2.13. The Morgan fingerprint density at radius 3 is 2.94 bits per heavy atom. The van der Waals surface area contributed by atoms with E-state index in [1.54, 1.807) is 7.11 Å². The second kappa shape index (κ2) is 7.33. The van der Waals surface area contributed by atoms with Crippen LogP contribution in [0, 0.1) is 12.8 Å². The zero-order chi connectivity index (χ0) is 12.7. The third-order valence-electron chi connectivity index (χ3n) is 2.91. The van der Waals surface area contributed by atoms with E-state index < -0.39 is 0 Å². The molecular formula is C13H25N3O. The molecule has 0 fully saturated rings. The van der Waals surface area contributed by atoms with Crippen molar-refractivity contribution in [3.05, 3.63) is 11.9 Å². The largest absolute Gasteiger partial charge is 0.385 e. The van der Waals surface area contributed by atoms with Gasteiger partial charge in [-0.1, -0.05) is 20.3 Å². The van der Waals surface area contributed by atoms with Crippen molar-refractivity contribution in [1.82, 2.24) is 9.55 Å². The van der Waals surface area contributed by atoms with Crippen molar-refractivity contribution >= 4 is 5.95 Å². The minimum absolute atomic E-state index is 0.683. The number of hydrogen-bond donors (Lipinski definition) is 1. The molecule has 1 heterocycles. The van der Waals surface area contributed by atoms with E-state index in [0.717, 1.165) is 37.8 Å². The summed E-state index contributed by atoms with van der Waals surface area (Å²) in [6.07, 6.45) is 4.32. The quantitative estimate of drug-likeness (QED) is 0.709. The summed E-state index contributed by atoms with van der Waals surface area (Å²) < 4.78 is 7.25. The molecule has 0 spiro atoms. The van der Waals surface area contributed by atoms with Crippen molar-refractivity contribution in [2.45, 2.75) is 40.2 Å². The Labute approximate surface area is 104 Å². The molecule has 1 aromatic heterocycles. The van der Waals surface area contributed by atoms with Gasteiger partial charge < -0.3 is 14.6 Å². The van der Waals surface area contributed by atoms with Gasteiger partial charge in [-0.25, -0.2) is 4.98 Å². The summed E-state index contributed by atoms with van der Waals surface area (Å²) in [6, 6.07) is 0. The number of aromatic nitrogens is 2. The predicted octanol–water partition coefficient (Wildman–Crippen LogP) is 2.69. The van der Waals surface area contributed by atoms with Crippen LogP contribution in [0.2, 0.25) is 0 Å². The van der Waals surface area contributed by atoms with Crippen LogP contribution in [0.15, 0.2) is 6.20 Å². The van der Waals surface area contributed by atoms with Crippen LogP contribution in [0.25, 0.3) is 0 Å². The molecule has 1 N–H and O–H groups in total. The predicted molar refractivity (Wildman–Crippen MR) is 71.4 cm³/mol. The van der Waals surface area contributed by atoms with Crippen molar-refractivity contribution in [3.63, 3.8) is 0 Å². The van der Waals surface area contributed by atoms with E-state index in [-0.39, 0.29) is 0 Å². The van der Waals surface area contributed by atoms with E-state index >= 15 is 0 Å². The van der Waals surface area contributed by atoms with Crippen molar-refractivity contribution in [1.29, 1.82) is 0 Å². The van der Waals surface area contributed by atoms with Gasteiger partial charge >= 0.3 is 0 Å². The van der Waals surface area contributed by atoms with Crippen LogP contribution in [-0.4, -0.2) is 29.8 Å². The van der Waals surface area contributed by atoms with Crippen LogP contribution >= 0.6 is 0 Å². The normalized spacial score (nSPS) is 12.7. The van der Waals surface area contributed by atoms with Gasteiger partial charge in [0.2, 0.25) is 5.95 Å². The number of anilines is 1. The number of hydrogen-bond acceptors (Lipinski definition) is 3.